The molecular weight excluding hydrogens is 340 g/mol. The first-order valence-electron chi connectivity index (χ1n) is 7.72. The number of nitrogens with one attached hydrogen (secondary N) is 1. The Hall–Kier alpha value is -2.54. The fourth-order valence-corrected chi connectivity index (χ4v) is 3.02. The van der Waals surface area contributed by atoms with E-state index in [0.29, 0.717) is 17.0 Å². The fraction of sp³-hybridized carbons (Fsp3) is 0.278. The van der Waals surface area contributed by atoms with E-state index in [9.17, 15) is 13.6 Å². The van der Waals surface area contributed by atoms with Crippen LogP contribution in [0.15, 0.2) is 53.4 Å². The van der Waals surface area contributed by atoms with Gasteiger partial charge in [-0.25, -0.2) is 8.42 Å². The Bertz CT molecular complexity index is 867. The summed E-state index contributed by atoms with van der Waals surface area (Å²) in [5, 5.41) is 9.95. The van der Waals surface area contributed by atoms with Crippen LogP contribution in [0.4, 0.5) is 5.69 Å². The minimum atomic E-state index is -3.71. The van der Waals surface area contributed by atoms with Crippen LogP contribution >= 0.6 is 0 Å². The summed E-state index contributed by atoms with van der Waals surface area (Å²) < 4.78 is 33.6. The number of hydrogen-bond acceptors (Lipinski definition) is 4. The van der Waals surface area contributed by atoms with Crippen LogP contribution in [-0.4, -0.2) is 37.2 Å². The van der Waals surface area contributed by atoms with E-state index < -0.39 is 15.6 Å². The second-order valence-electron chi connectivity index (χ2n) is 6.55. The molecular formula is C18H23N2O4S+. The third-order valence-corrected chi connectivity index (χ3v) is 4.87. The Balaban J connectivity index is 2.23. The summed E-state index contributed by atoms with van der Waals surface area (Å²) in [6.07, 6.45) is 1.55. The second kappa shape index (κ2) is 7.14. The Kier molecular flexibility index (Phi) is 5.37. The maximum atomic E-state index is 12.5. The van der Waals surface area contributed by atoms with Gasteiger partial charge in [-0.15, -0.1) is 0 Å². The maximum absolute atomic E-state index is 12.5. The molecule has 0 aliphatic carbocycles. The van der Waals surface area contributed by atoms with Gasteiger partial charge in [0.1, 0.15) is 5.75 Å². The first kappa shape index (κ1) is 18.8. The van der Waals surface area contributed by atoms with Crippen LogP contribution in [0.1, 0.15) is 26.3 Å². The predicted octanol–water partition coefficient (Wildman–Crippen LogP) is 3.12. The van der Waals surface area contributed by atoms with Gasteiger partial charge in [-0.3, -0.25) is 9.93 Å². The van der Waals surface area contributed by atoms with Gasteiger partial charge in [0, 0.05) is 32.4 Å². The Morgan fingerprint density at radius 2 is 1.76 bits per heavy atom. The van der Waals surface area contributed by atoms with Crippen molar-refractivity contribution in [3.8, 4) is 5.75 Å². The summed E-state index contributed by atoms with van der Waals surface area (Å²) in [7, 11) is -2.19. The largest absolute Gasteiger partial charge is 0.497 e. The van der Waals surface area contributed by atoms with Crippen molar-refractivity contribution in [3.05, 3.63) is 54.1 Å². The topological polar surface area (TPSA) is 78.6 Å². The lowest BCUT2D eigenvalue weighted by Gasteiger charge is -2.10. The van der Waals surface area contributed by atoms with E-state index >= 15 is 0 Å². The Labute approximate surface area is 148 Å². The van der Waals surface area contributed by atoms with Gasteiger partial charge in [-0.2, -0.15) is 0 Å². The van der Waals surface area contributed by atoms with E-state index in [2.05, 4.69) is 4.72 Å². The van der Waals surface area contributed by atoms with Gasteiger partial charge in [0.15, 0.2) is 0 Å². The highest BCUT2D eigenvalue weighted by molar-refractivity contribution is 7.92. The molecule has 2 aromatic rings. The molecule has 7 heteroatoms. The molecule has 0 saturated heterocycles. The van der Waals surface area contributed by atoms with Gasteiger partial charge in [-0.05, 0) is 41.1 Å². The summed E-state index contributed by atoms with van der Waals surface area (Å²) in [6, 6.07) is 12.9. The van der Waals surface area contributed by atoms with Crippen molar-refractivity contribution in [1.82, 2.24) is 0 Å². The number of rotatable bonds is 5. The van der Waals surface area contributed by atoms with E-state index in [0.717, 1.165) is 4.74 Å². The summed E-state index contributed by atoms with van der Waals surface area (Å²) in [5.41, 5.74) is 0.667. The minimum Gasteiger partial charge on any atom is -0.497 e. The fourth-order valence-electron chi connectivity index (χ4n) is 1.97. The molecule has 25 heavy (non-hydrogen) atoms. The molecule has 0 aromatic heterocycles. The number of methoxy groups -OCH3 is 1. The lowest BCUT2D eigenvalue weighted by atomic mass is 10.1. The Morgan fingerprint density at radius 1 is 1.12 bits per heavy atom. The van der Waals surface area contributed by atoms with Crippen LogP contribution < -0.4 is 9.46 Å². The van der Waals surface area contributed by atoms with Crippen molar-refractivity contribution in [2.24, 2.45) is 0 Å². The molecule has 0 aliphatic heterocycles. The average molecular weight is 363 g/mol. The highest BCUT2D eigenvalue weighted by atomic mass is 32.2. The first-order valence-corrected chi connectivity index (χ1v) is 9.20. The normalized spacial score (nSPS) is 12.7. The van der Waals surface area contributed by atoms with E-state index in [4.69, 9.17) is 4.74 Å². The van der Waals surface area contributed by atoms with Gasteiger partial charge >= 0.3 is 0 Å². The predicted molar refractivity (Wildman–Crippen MR) is 97.2 cm³/mol. The molecule has 0 atom stereocenters. The van der Waals surface area contributed by atoms with E-state index in [-0.39, 0.29) is 4.90 Å². The molecule has 0 spiro atoms. The zero-order valence-electron chi connectivity index (χ0n) is 14.7. The van der Waals surface area contributed by atoms with Crippen molar-refractivity contribution in [3.63, 3.8) is 0 Å². The van der Waals surface area contributed by atoms with Gasteiger partial charge in [-0.1, -0.05) is 6.07 Å². The highest BCUT2D eigenvalue weighted by Gasteiger charge is 2.24. The van der Waals surface area contributed by atoms with E-state index in [1.165, 1.54) is 19.2 Å². The van der Waals surface area contributed by atoms with Crippen LogP contribution in [0.3, 0.4) is 0 Å². The van der Waals surface area contributed by atoms with Gasteiger partial charge in [0.05, 0.1) is 17.7 Å². The Morgan fingerprint density at radius 3 is 2.32 bits per heavy atom. The van der Waals surface area contributed by atoms with Crippen molar-refractivity contribution < 1.29 is 23.1 Å². The van der Waals surface area contributed by atoms with Crippen LogP contribution in [0.25, 0.3) is 0 Å². The SMILES string of the molecule is COc1cccc(NS(=O)(=O)c2ccc(/C=[N+](\O)C(C)(C)C)cc2)c1. The average Bonchev–Trinajstić information content (AvgIpc) is 2.54. The molecule has 0 bridgehead atoms. The third-order valence-electron chi connectivity index (χ3n) is 3.47. The molecule has 2 aromatic carbocycles. The third kappa shape index (κ3) is 4.96. The molecule has 0 heterocycles. The standard InChI is InChI=1S/C18H23N2O4S/c1-18(2,3)20(21)13-14-8-10-17(11-9-14)25(22,23)19-15-6-5-7-16(12-15)24-4/h5-13,19,21H,1-4H3/q+1/b20-13-. The second-order valence-corrected chi connectivity index (χ2v) is 8.23. The maximum Gasteiger partial charge on any atom is 0.261 e. The number of hydrogen-bond donors (Lipinski definition) is 2. The lowest BCUT2D eigenvalue weighted by Crippen LogP contribution is -2.31. The molecule has 0 unspecified atom stereocenters. The molecule has 2 N–H and O–H groups in total. The lowest BCUT2D eigenvalue weighted by molar-refractivity contribution is -0.816. The smallest absolute Gasteiger partial charge is 0.261 e. The molecule has 0 fully saturated rings. The van der Waals surface area contributed by atoms with Gasteiger partial charge in [0.2, 0.25) is 11.8 Å². The monoisotopic (exact) mass is 363 g/mol. The highest BCUT2D eigenvalue weighted by Crippen LogP contribution is 2.20. The molecule has 0 saturated carbocycles. The van der Waals surface area contributed by atoms with E-state index in [1.807, 2.05) is 20.8 Å². The molecule has 0 radical (unpaired) electrons. The molecule has 2 rings (SSSR count). The van der Waals surface area contributed by atoms with E-state index in [1.54, 1.807) is 42.6 Å². The van der Waals surface area contributed by atoms with Crippen molar-refractivity contribution in [2.75, 3.05) is 11.8 Å². The van der Waals surface area contributed by atoms with Crippen molar-refractivity contribution in [1.29, 1.82) is 0 Å². The summed E-state index contributed by atoms with van der Waals surface area (Å²) in [4.78, 5) is 0.132. The quantitative estimate of drug-likeness (QED) is 0.370. The summed E-state index contributed by atoms with van der Waals surface area (Å²) >= 11 is 0. The number of hydroxylamine groups is 1. The van der Waals surface area contributed by atoms with Crippen LogP contribution in [-0.2, 0) is 10.0 Å². The zero-order valence-corrected chi connectivity index (χ0v) is 15.5. The molecule has 0 aliphatic rings. The van der Waals surface area contributed by atoms with Crippen molar-refractivity contribution in [2.45, 2.75) is 31.2 Å². The first-order chi connectivity index (χ1) is 11.6. The molecule has 6 nitrogen and oxygen atoms in total. The van der Waals surface area contributed by atoms with Gasteiger partial charge in [0.25, 0.3) is 10.0 Å². The summed E-state index contributed by atoms with van der Waals surface area (Å²) in [5.74, 6) is 0.565. The number of anilines is 1. The number of ether oxygens (including phenoxy) is 1. The van der Waals surface area contributed by atoms with Crippen molar-refractivity contribution >= 4 is 21.9 Å². The minimum absolute atomic E-state index is 0.132. The van der Waals surface area contributed by atoms with Crippen LogP contribution in [0.5, 0.6) is 5.75 Å². The van der Waals surface area contributed by atoms with Crippen LogP contribution in [0, 0.1) is 0 Å². The molecule has 134 valence electrons. The van der Waals surface area contributed by atoms with Crippen LogP contribution in [0.2, 0.25) is 0 Å². The van der Waals surface area contributed by atoms with Gasteiger partial charge < -0.3 is 4.74 Å². The number of nitrogens with zero attached hydrogens (tertiary/aromatic N) is 1. The number of sulfonamides is 1. The summed E-state index contributed by atoms with van der Waals surface area (Å²) in [6.45, 7) is 5.58. The number of benzene rings is 2. The zero-order chi connectivity index (χ0) is 18.7. The molecule has 0 amide bonds.